The Morgan fingerprint density at radius 1 is 1.08 bits per heavy atom. The van der Waals surface area contributed by atoms with Crippen molar-refractivity contribution in [2.75, 3.05) is 18.5 Å². The second-order valence-corrected chi connectivity index (χ2v) is 5.52. The van der Waals surface area contributed by atoms with E-state index in [1.54, 1.807) is 0 Å². The number of nitrogens with one attached hydrogen (secondary N) is 1. The van der Waals surface area contributed by atoms with E-state index in [9.17, 15) is 4.79 Å². The highest BCUT2D eigenvalue weighted by Gasteiger charge is 2.15. The van der Waals surface area contributed by atoms with Gasteiger partial charge in [0, 0.05) is 5.56 Å². The second kappa shape index (κ2) is 8.15. The largest absolute Gasteiger partial charge is 0.494 e. The van der Waals surface area contributed by atoms with E-state index in [2.05, 4.69) is 15.6 Å². The van der Waals surface area contributed by atoms with Crippen molar-refractivity contribution in [2.24, 2.45) is 0 Å². The molecule has 0 saturated heterocycles. The van der Waals surface area contributed by atoms with Crippen molar-refractivity contribution < 1.29 is 18.9 Å². The third-order valence-electron chi connectivity index (χ3n) is 3.64. The minimum Gasteiger partial charge on any atom is -0.494 e. The molecule has 0 spiro atoms. The van der Waals surface area contributed by atoms with E-state index in [0.717, 1.165) is 16.9 Å². The van der Waals surface area contributed by atoms with E-state index >= 15 is 0 Å². The van der Waals surface area contributed by atoms with Gasteiger partial charge in [-0.15, -0.1) is 0 Å². The summed E-state index contributed by atoms with van der Waals surface area (Å²) >= 11 is 0. The zero-order valence-corrected chi connectivity index (χ0v) is 14.6. The molecule has 0 saturated carbocycles. The van der Waals surface area contributed by atoms with Crippen LogP contribution in [0.3, 0.4) is 0 Å². The van der Waals surface area contributed by atoms with Crippen LogP contribution >= 0.6 is 0 Å². The first-order chi connectivity index (χ1) is 12.7. The first-order valence-electron chi connectivity index (χ1n) is 8.21. The molecule has 1 amide bonds. The number of aromatic nitrogens is 2. The van der Waals surface area contributed by atoms with Crippen molar-refractivity contribution in [3.8, 4) is 22.8 Å². The Morgan fingerprint density at radius 3 is 2.58 bits per heavy atom. The fourth-order valence-corrected chi connectivity index (χ4v) is 2.37. The van der Waals surface area contributed by atoms with Crippen molar-refractivity contribution in [3.05, 3.63) is 54.1 Å². The Hall–Kier alpha value is -3.35. The van der Waals surface area contributed by atoms with Crippen LogP contribution in [0.2, 0.25) is 0 Å². The van der Waals surface area contributed by atoms with Crippen LogP contribution in [0.5, 0.6) is 11.5 Å². The maximum absolute atomic E-state index is 12.2. The maximum atomic E-state index is 12.2. The van der Waals surface area contributed by atoms with Gasteiger partial charge < -0.3 is 14.8 Å². The number of ether oxygens (including phenoxy) is 2. The van der Waals surface area contributed by atoms with Gasteiger partial charge >= 0.3 is 0 Å². The van der Waals surface area contributed by atoms with Gasteiger partial charge in [0.15, 0.2) is 12.3 Å². The van der Waals surface area contributed by atoms with Crippen LogP contribution in [0, 0.1) is 6.92 Å². The van der Waals surface area contributed by atoms with Crippen LogP contribution in [-0.4, -0.2) is 29.4 Å². The highest BCUT2D eigenvalue weighted by Crippen LogP contribution is 2.26. The summed E-state index contributed by atoms with van der Waals surface area (Å²) in [5.41, 5.74) is 2.15. The summed E-state index contributed by atoms with van der Waals surface area (Å²) in [4.78, 5) is 12.2. The number of carbonyl (C=O) groups is 1. The van der Waals surface area contributed by atoms with Crippen molar-refractivity contribution in [2.45, 2.75) is 13.8 Å². The van der Waals surface area contributed by atoms with Crippen molar-refractivity contribution in [1.29, 1.82) is 0 Å². The number of benzene rings is 2. The molecule has 1 aromatic heterocycles. The Morgan fingerprint density at radius 2 is 1.85 bits per heavy atom. The quantitative estimate of drug-likeness (QED) is 0.700. The second-order valence-electron chi connectivity index (χ2n) is 5.52. The van der Waals surface area contributed by atoms with Gasteiger partial charge in [0.05, 0.1) is 6.61 Å². The summed E-state index contributed by atoms with van der Waals surface area (Å²) in [6, 6.07) is 14.8. The summed E-state index contributed by atoms with van der Waals surface area (Å²) in [5, 5.41) is 10.3. The van der Waals surface area contributed by atoms with Crippen LogP contribution in [0.1, 0.15) is 12.5 Å². The summed E-state index contributed by atoms with van der Waals surface area (Å²) in [6.45, 7) is 4.29. The Balaban J connectivity index is 1.65. The summed E-state index contributed by atoms with van der Waals surface area (Å²) < 4.78 is 15.7. The molecule has 0 radical (unpaired) electrons. The molecule has 0 aliphatic carbocycles. The van der Waals surface area contributed by atoms with E-state index in [-0.39, 0.29) is 18.3 Å². The Kier molecular flexibility index (Phi) is 5.48. The Labute approximate surface area is 150 Å². The fourth-order valence-electron chi connectivity index (χ4n) is 2.37. The minimum atomic E-state index is -0.351. The molecule has 1 N–H and O–H groups in total. The highest BCUT2D eigenvalue weighted by atomic mass is 16.6. The van der Waals surface area contributed by atoms with E-state index < -0.39 is 0 Å². The van der Waals surface area contributed by atoms with Gasteiger partial charge in [0.2, 0.25) is 5.82 Å². The van der Waals surface area contributed by atoms with E-state index in [1.165, 1.54) is 0 Å². The zero-order valence-electron chi connectivity index (χ0n) is 14.6. The highest BCUT2D eigenvalue weighted by molar-refractivity contribution is 5.94. The minimum absolute atomic E-state index is 0.138. The molecule has 7 heteroatoms. The van der Waals surface area contributed by atoms with Gasteiger partial charge in [-0.3, -0.25) is 4.79 Å². The molecule has 0 bridgehead atoms. The predicted octanol–water partition coefficient (Wildman–Crippen LogP) is 3.46. The SMILES string of the molecule is CCOc1ccc(-c2nonc2NC(=O)COc2ccccc2C)cc1. The zero-order chi connectivity index (χ0) is 18.4. The van der Waals surface area contributed by atoms with E-state index in [4.69, 9.17) is 14.1 Å². The Bertz CT molecular complexity index is 875. The number of aryl methyl sites for hydroxylation is 1. The number of rotatable bonds is 7. The first kappa shape index (κ1) is 17.5. The number of anilines is 1. The average molecular weight is 353 g/mol. The van der Waals surface area contributed by atoms with Crippen LogP contribution in [0.15, 0.2) is 53.2 Å². The standard InChI is InChI=1S/C19H19N3O4/c1-3-24-15-10-8-14(9-11-15)18-19(22-26-21-18)20-17(23)12-25-16-7-5-4-6-13(16)2/h4-11H,3,12H2,1-2H3,(H,20,22,23). The van der Waals surface area contributed by atoms with E-state index in [0.29, 0.717) is 18.1 Å². The van der Waals surface area contributed by atoms with Crippen molar-refractivity contribution >= 4 is 11.7 Å². The van der Waals surface area contributed by atoms with Crippen LogP contribution in [0.4, 0.5) is 5.82 Å². The summed E-state index contributed by atoms with van der Waals surface area (Å²) in [6.07, 6.45) is 0. The lowest BCUT2D eigenvalue weighted by Crippen LogP contribution is -2.21. The van der Waals surface area contributed by atoms with Gasteiger partial charge in [-0.2, -0.15) is 0 Å². The third-order valence-corrected chi connectivity index (χ3v) is 3.64. The van der Waals surface area contributed by atoms with E-state index in [1.807, 2.05) is 62.4 Å². The molecule has 26 heavy (non-hydrogen) atoms. The lowest BCUT2D eigenvalue weighted by molar-refractivity contribution is -0.118. The predicted molar refractivity (Wildman–Crippen MR) is 96.2 cm³/mol. The molecule has 3 aromatic rings. The van der Waals surface area contributed by atoms with Crippen LogP contribution in [-0.2, 0) is 4.79 Å². The molecule has 134 valence electrons. The molecular formula is C19H19N3O4. The molecule has 1 heterocycles. The van der Waals surface area contributed by atoms with Gasteiger partial charge in [-0.25, -0.2) is 4.63 Å². The smallest absolute Gasteiger partial charge is 0.263 e. The molecular weight excluding hydrogens is 334 g/mol. The first-order valence-corrected chi connectivity index (χ1v) is 8.21. The molecule has 0 aliphatic rings. The average Bonchev–Trinajstić information content (AvgIpc) is 3.10. The normalized spacial score (nSPS) is 10.4. The molecule has 0 unspecified atom stereocenters. The maximum Gasteiger partial charge on any atom is 0.263 e. The number of nitrogens with zero attached hydrogens (tertiary/aromatic N) is 2. The number of amides is 1. The van der Waals surface area contributed by atoms with Gasteiger partial charge in [-0.05, 0) is 60.1 Å². The molecule has 0 atom stereocenters. The van der Waals surface area contributed by atoms with Crippen LogP contribution in [0.25, 0.3) is 11.3 Å². The van der Waals surface area contributed by atoms with Gasteiger partial charge in [0.1, 0.15) is 11.5 Å². The van der Waals surface area contributed by atoms with Gasteiger partial charge in [0.25, 0.3) is 5.91 Å². The number of hydrogen-bond acceptors (Lipinski definition) is 6. The lowest BCUT2D eigenvalue weighted by Gasteiger charge is -2.08. The summed E-state index contributed by atoms with van der Waals surface area (Å²) in [5.74, 6) is 1.31. The third kappa shape index (κ3) is 4.18. The van der Waals surface area contributed by atoms with Crippen LogP contribution < -0.4 is 14.8 Å². The lowest BCUT2D eigenvalue weighted by atomic mass is 10.1. The number of carbonyl (C=O) groups excluding carboxylic acids is 1. The van der Waals surface area contributed by atoms with Gasteiger partial charge in [-0.1, -0.05) is 18.2 Å². The molecule has 0 fully saturated rings. The van der Waals surface area contributed by atoms with Crippen molar-refractivity contribution in [3.63, 3.8) is 0 Å². The summed E-state index contributed by atoms with van der Waals surface area (Å²) in [7, 11) is 0. The molecule has 2 aromatic carbocycles. The fraction of sp³-hybridized carbons (Fsp3) is 0.211. The molecule has 3 rings (SSSR count). The monoisotopic (exact) mass is 353 g/mol. The molecule has 0 aliphatic heterocycles. The van der Waals surface area contributed by atoms with Crippen molar-refractivity contribution in [1.82, 2.24) is 10.3 Å². The number of hydrogen-bond donors (Lipinski definition) is 1. The topological polar surface area (TPSA) is 86.5 Å². The number of para-hydroxylation sites is 1. The molecule has 7 nitrogen and oxygen atoms in total.